The maximum absolute atomic E-state index is 12.2. The molecule has 1 amide bonds. The fraction of sp³-hybridized carbons (Fsp3) is 0.444. The van der Waals surface area contributed by atoms with E-state index in [0.717, 1.165) is 18.7 Å². The van der Waals surface area contributed by atoms with Crippen molar-refractivity contribution in [3.05, 3.63) is 53.4 Å². The molecule has 1 N–H and O–H groups in total. The van der Waals surface area contributed by atoms with Crippen molar-refractivity contribution in [2.75, 3.05) is 13.1 Å². The normalized spacial score (nSPS) is 14.4. The minimum absolute atomic E-state index is 0.0567. The van der Waals surface area contributed by atoms with Gasteiger partial charge in [0.1, 0.15) is 6.54 Å². The zero-order valence-electron chi connectivity index (χ0n) is 15.5. The van der Waals surface area contributed by atoms with Crippen molar-refractivity contribution in [1.82, 2.24) is 40.6 Å². The molecular weight excluding hydrogens is 360 g/mol. The second-order valence-electron chi connectivity index (χ2n) is 6.78. The van der Waals surface area contributed by atoms with Gasteiger partial charge in [0.25, 0.3) is 0 Å². The third-order valence-electron chi connectivity index (χ3n) is 4.62. The Bertz CT molecular complexity index is 901. The number of carbonyl (C=O) groups excluding carboxylic acids is 1. The van der Waals surface area contributed by atoms with Crippen LogP contribution in [0.5, 0.6) is 0 Å². The van der Waals surface area contributed by atoms with Crippen molar-refractivity contribution in [3.63, 3.8) is 0 Å². The summed E-state index contributed by atoms with van der Waals surface area (Å²) in [6.07, 6.45) is 2.97. The number of carbonyl (C=O) groups is 1. The molecule has 0 spiro atoms. The monoisotopic (exact) mass is 382 g/mol. The molecule has 0 atom stereocenters. The minimum atomic E-state index is -0.210. The first-order valence-electron chi connectivity index (χ1n) is 9.36. The fourth-order valence-corrected chi connectivity index (χ4v) is 3.18. The lowest BCUT2D eigenvalue weighted by molar-refractivity contribution is -0.122. The van der Waals surface area contributed by atoms with E-state index in [1.54, 1.807) is 0 Å². The summed E-state index contributed by atoms with van der Waals surface area (Å²) >= 11 is 0. The van der Waals surface area contributed by atoms with Gasteiger partial charge in [-0.05, 0) is 41.9 Å². The maximum atomic E-state index is 12.2. The van der Waals surface area contributed by atoms with E-state index >= 15 is 0 Å². The van der Waals surface area contributed by atoms with Gasteiger partial charge < -0.3 is 9.84 Å². The van der Waals surface area contributed by atoms with Crippen LogP contribution in [0, 0.1) is 0 Å². The molecule has 1 aliphatic rings. The molecule has 1 saturated heterocycles. The van der Waals surface area contributed by atoms with Crippen molar-refractivity contribution < 1.29 is 9.32 Å². The molecule has 3 heterocycles. The van der Waals surface area contributed by atoms with E-state index in [9.17, 15) is 4.79 Å². The topological polar surface area (TPSA) is 115 Å². The third-order valence-corrected chi connectivity index (χ3v) is 4.62. The SMILES string of the molecule is O=C(Cn1nnnc1CN1CCCC1)NCc1nc(Cc2ccccc2)no1. The molecule has 1 fully saturated rings. The molecular formula is C18H22N8O2. The van der Waals surface area contributed by atoms with E-state index in [1.807, 2.05) is 30.3 Å². The molecule has 0 saturated carbocycles. The van der Waals surface area contributed by atoms with Crippen LogP contribution in [0.25, 0.3) is 0 Å². The highest BCUT2D eigenvalue weighted by molar-refractivity contribution is 5.75. The summed E-state index contributed by atoms with van der Waals surface area (Å²) in [5, 5.41) is 18.4. The van der Waals surface area contributed by atoms with Gasteiger partial charge in [0.05, 0.1) is 13.1 Å². The zero-order valence-corrected chi connectivity index (χ0v) is 15.5. The lowest BCUT2D eigenvalue weighted by Crippen LogP contribution is -2.29. The van der Waals surface area contributed by atoms with E-state index < -0.39 is 0 Å². The number of likely N-dealkylation sites (tertiary alicyclic amines) is 1. The summed E-state index contributed by atoms with van der Waals surface area (Å²) in [7, 11) is 0. The van der Waals surface area contributed by atoms with Gasteiger partial charge in [0.15, 0.2) is 11.6 Å². The van der Waals surface area contributed by atoms with Gasteiger partial charge in [-0.15, -0.1) is 5.10 Å². The molecule has 0 bridgehead atoms. The van der Waals surface area contributed by atoms with Crippen LogP contribution >= 0.6 is 0 Å². The molecule has 3 aromatic rings. The first kappa shape index (κ1) is 18.2. The number of hydrogen-bond donors (Lipinski definition) is 1. The van der Waals surface area contributed by atoms with Crippen LogP contribution in [-0.2, 0) is 30.8 Å². The van der Waals surface area contributed by atoms with E-state index in [-0.39, 0.29) is 19.0 Å². The average Bonchev–Trinajstić information content (AvgIpc) is 3.45. The Kier molecular flexibility index (Phi) is 5.66. The summed E-state index contributed by atoms with van der Waals surface area (Å²) in [6.45, 7) is 2.97. The predicted octanol–water partition coefficient (Wildman–Crippen LogP) is 0.559. The van der Waals surface area contributed by atoms with Gasteiger partial charge in [-0.25, -0.2) is 4.68 Å². The van der Waals surface area contributed by atoms with Crippen LogP contribution in [0.1, 0.15) is 35.9 Å². The second-order valence-corrected chi connectivity index (χ2v) is 6.78. The van der Waals surface area contributed by atoms with E-state index in [0.29, 0.717) is 30.5 Å². The summed E-state index contributed by atoms with van der Waals surface area (Å²) in [5.41, 5.74) is 1.10. The number of rotatable bonds is 8. The molecule has 28 heavy (non-hydrogen) atoms. The van der Waals surface area contributed by atoms with Gasteiger partial charge in [0, 0.05) is 6.42 Å². The Labute approximate surface area is 161 Å². The molecule has 146 valence electrons. The van der Waals surface area contributed by atoms with Gasteiger partial charge >= 0.3 is 0 Å². The number of aromatic nitrogens is 6. The van der Waals surface area contributed by atoms with E-state index in [2.05, 4.69) is 35.9 Å². The van der Waals surface area contributed by atoms with Crippen LogP contribution in [0.3, 0.4) is 0 Å². The lowest BCUT2D eigenvalue weighted by Gasteiger charge is -2.13. The highest BCUT2D eigenvalue weighted by atomic mass is 16.5. The minimum Gasteiger partial charge on any atom is -0.345 e. The van der Waals surface area contributed by atoms with Crippen molar-refractivity contribution in [3.8, 4) is 0 Å². The number of benzene rings is 1. The number of tetrazole rings is 1. The van der Waals surface area contributed by atoms with E-state index in [4.69, 9.17) is 4.52 Å². The van der Waals surface area contributed by atoms with Crippen LogP contribution < -0.4 is 5.32 Å². The Hall–Kier alpha value is -3.14. The Morgan fingerprint density at radius 3 is 2.82 bits per heavy atom. The zero-order chi connectivity index (χ0) is 19.2. The quantitative estimate of drug-likeness (QED) is 0.601. The molecule has 2 aromatic heterocycles. The number of nitrogens with one attached hydrogen (secondary N) is 1. The fourth-order valence-electron chi connectivity index (χ4n) is 3.18. The summed E-state index contributed by atoms with van der Waals surface area (Å²) in [6, 6.07) is 9.90. The summed E-state index contributed by atoms with van der Waals surface area (Å²) in [4.78, 5) is 18.8. The van der Waals surface area contributed by atoms with Gasteiger partial charge in [-0.2, -0.15) is 4.98 Å². The standard InChI is InChI=1S/C18H22N8O2/c27-17(13-26-16(21-23-24-26)12-25-8-4-5-9-25)19-11-18-20-15(22-28-18)10-14-6-2-1-3-7-14/h1-3,6-7H,4-5,8-13H2,(H,19,27). The lowest BCUT2D eigenvalue weighted by atomic mass is 10.1. The van der Waals surface area contributed by atoms with Crippen LogP contribution in [-0.4, -0.2) is 54.2 Å². The van der Waals surface area contributed by atoms with Crippen molar-refractivity contribution in [1.29, 1.82) is 0 Å². The highest BCUT2D eigenvalue weighted by Crippen LogP contribution is 2.10. The highest BCUT2D eigenvalue weighted by Gasteiger charge is 2.17. The second kappa shape index (κ2) is 8.70. The first-order valence-corrected chi connectivity index (χ1v) is 9.36. The third kappa shape index (κ3) is 4.77. The van der Waals surface area contributed by atoms with Crippen LogP contribution in [0.2, 0.25) is 0 Å². The molecule has 4 rings (SSSR count). The van der Waals surface area contributed by atoms with Crippen molar-refractivity contribution in [2.45, 2.75) is 38.9 Å². The molecule has 0 radical (unpaired) electrons. The Morgan fingerprint density at radius 1 is 1.18 bits per heavy atom. The van der Waals surface area contributed by atoms with Gasteiger partial charge in [0.2, 0.25) is 11.8 Å². The Balaban J connectivity index is 1.26. The first-order chi connectivity index (χ1) is 13.8. The Morgan fingerprint density at radius 2 is 2.00 bits per heavy atom. The van der Waals surface area contributed by atoms with Crippen molar-refractivity contribution in [2.24, 2.45) is 0 Å². The largest absolute Gasteiger partial charge is 0.345 e. The summed E-state index contributed by atoms with van der Waals surface area (Å²) < 4.78 is 6.74. The van der Waals surface area contributed by atoms with Crippen LogP contribution in [0.15, 0.2) is 34.9 Å². The number of amides is 1. The molecule has 0 unspecified atom stereocenters. The molecule has 10 heteroatoms. The number of nitrogens with zero attached hydrogens (tertiary/aromatic N) is 7. The summed E-state index contributed by atoms with van der Waals surface area (Å²) in [5.74, 6) is 1.44. The van der Waals surface area contributed by atoms with Gasteiger partial charge in [-0.1, -0.05) is 35.5 Å². The molecule has 10 nitrogen and oxygen atoms in total. The molecule has 1 aromatic carbocycles. The average molecular weight is 382 g/mol. The van der Waals surface area contributed by atoms with Crippen LogP contribution in [0.4, 0.5) is 0 Å². The smallest absolute Gasteiger partial charge is 0.246 e. The molecule has 0 aliphatic carbocycles. The number of hydrogen-bond acceptors (Lipinski definition) is 8. The predicted molar refractivity (Wildman–Crippen MR) is 97.7 cm³/mol. The molecule has 1 aliphatic heterocycles. The van der Waals surface area contributed by atoms with E-state index in [1.165, 1.54) is 17.5 Å². The van der Waals surface area contributed by atoms with Crippen molar-refractivity contribution >= 4 is 5.91 Å². The van der Waals surface area contributed by atoms with Gasteiger partial charge in [-0.3, -0.25) is 9.69 Å². The maximum Gasteiger partial charge on any atom is 0.246 e.